The summed E-state index contributed by atoms with van der Waals surface area (Å²) >= 11 is 0. The van der Waals surface area contributed by atoms with Crippen LogP contribution in [0.4, 0.5) is 0 Å². The van der Waals surface area contributed by atoms with Crippen molar-refractivity contribution in [3.63, 3.8) is 0 Å². The smallest absolute Gasteiger partial charge is 0.222 e. The molecule has 1 amide bonds. The molecule has 5 atom stereocenters. The number of aliphatic hydroxyl groups excluding tert-OH is 2. The highest BCUT2D eigenvalue weighted by molar-refractivity contribution is 5.76. The third-order valence-electron chi connectivity index (χ3n) is 8.47. The van der Waals surface area contributed by atoms with Gasteiger partial charge in [-0.1, -0.05) is 63.3 Å². The maximum atomic E-state index is 12.7. The van der Waals surface area contributed by atoms with Crippen LogP contribution in [0.2, 0.25) is 0 Å². The quantitative estimate of drug-likeness (QED) is 0.261. The van der Waals surface area contributed by atoms with Gasteiger partial charge in [0.1, 0.15) is 0 Å². The fourth-order valence-electron chi connectivity index (χ4n) is 6.41. The van der Waals surface area contributed by atoms with Crippen molar-refractivity contribution in [1.82, 2.24) is 4.90 Å². The standard InChI is InChI=1S/C29H49NO3/c1-3-5-17-30(18-6-4-2)29(33)14-10-7-11-22-19-24-21-28(32)25(26(24)20-22)15-16-27(31)23-12-8-9-13-23/h11,15-16,23-28,31-32H,3-10,12-14,17-21H2,1-2H3/t24-,25+,26-,27+,28+/m0/s1. The van der Waals surface area contributed by atoms with E-state index in [-0.39, 0.29) is 18.1 Å². The van der Waals surface area contributed by atoms with Crippen molar-refractivity contribution in [2.45, 2.75) is 116 Å². The number of amides is 1. The molecular weight excluding hydrogens is 410 g/mol. The second-order valence-electron chi connectivity index (χ2n) is 11.0. The Labute approximate surface area is 202 Å². The van der Waals surface area contributed by atoms with Gasteiger partial charge in [-0.15, -0.1) is 0 Å². The van der Waals surface area contributed by atoms with Gasteiger partial charge in [0.05, 0.1) is 12.2 Å². The topological polar surface area (TPSA) is 60.8 Å². The van der Waals surface area contributed by atoms with Gasteiger partial charge < -0.3 is 15.1 Å². The Bertz CT molecular complexity index is 643. The molecule has 4 nitrogen and oxygen atoms in total. The first-order chi connectivity index (χ1) is 16.0. The summed E-state index contributed by atoms with van der Waals surface area (Å²) in [5, 5.41) is 21.1. The third-order valence-corrected chi connectivity index (χ3v) is 8.47. The number of allylic oxidation sites excluding steroid dienone is 2. The van der Waals surface area contributed by atoms with E-state index in [4.69, 9.17) is 0 Å². The Hall–Kier alpha value is -1.13. The molecule has 0 aromatic heterocycles. The van der Waals surface area contributed by atoms with Crippen LogP contribution in [-0.4, -0.2) is 46.3 Å². The van der Waals surface area contributed by atoms with Gasteiger partial charge in [0.15, 0.2) is 0 Å². The lowest BCUT2D eigenvalue weighted by molar-refractivity contribution is -0.131. The zero-order chi connectivity index (χ0) is 23.6. The minimum atomic E-state index is -0.345. The van der Waals surface area contributed by atoms with Crippen LogP contribution in [0.1, 0.15) is 104 Å². The lowest BCUT2D eigenvalue weighted by atomic mass is 9.89. The van der Waals surface area contributed by atoms with Gasteiger partial charge in [0.2, 0.25) is 5.91 Å². The summed E-state index contributed by atoms with van der Waals surface area (Å²) in [6.07, 6.45) is 20.8. The van der Waals surface area contributed by atoms with Crippen LogP contribution in [0.3, 0.4) is 0 Å². The molecule has 33 heavy (non-hydrogen) atoms. The molecule has 0 aliphatic heterocycles. The largest absolute Gasteiger partial charge is 0.392 e. The van der Waals surface area contributed by atoms with Gasteiger partial charge in [0.25, 0.3) is 0 Å². The molecule has 0 aromatic rings. The summed E-state index contributed by atoms with van der Waals surface area (Å²) < 4.78 is 0. The molecule has 3 aliphatic carbocycles. The summed E-state index contributed by atoms with van der Waals surface area (Å²) in [4.78, 5) is 14.7. The van der Waals surface area contributed by atoms with E-state index in [2.05, 4.69) is 30.9 Å². The van der Waals surface area contributed by atoms with E-state index in [1.807, 2.05) is 6.08 Å². The normalized spacial score (nSPS) is 29.9. The Kier molecular flexibility index (Phi) is 11.0. The number of carbonyl (C=O) groups excluding carboxylic acids is 1. The van der Waals surface area contributed by atoms with Gasteiger partial charge in [-0.25, -0.2) is 0 Å². The van der Waals surface area contributed by atoms with Crippen molar-refractivity contribution in [2.24, 2.45) is 23.7 Å². The second kappa shape index (κ2) is 13.7. The molecule has 0 saturated heterocycles. The first-order valence-corrected chi connectivity index (χ1v) is 14.0. The minimum absolute atomic E-state index is 0.184. The number of hydrogen-bond donors (Lipinski definition) is 2. The average Bonchev–Trinajstić information content (AvgIpc) is 3.52. The summed E-state index contributed by atoms with van der Waals surface area (Å²) in [6.45, 7) is 6.18. The van der Waals surface area contributed by atoms with Crippen molar-refractivity contribution in [1.29, 1.82) is 0 Å². The fourth-order valence-corrected chi connectivity index (χ4v) is 6.41. The van der Waals surface area contributed by atoms with E-state index in [1.165, 1.54) is 18.4 Å². The summed E-state index contributed by atoms with van der Waals surface area (Å²) in [5.41, 5.74) is 1.52. The van der Waals surface area contributed by atoms with E-state index in [1.54, 1.807) is 0 Å². The Morgan fingerprint density at radius 3 is 2.45 bits per heavy atom. The maximum absolute atomic E-state index is 12.7. The molecule has 3 aliphatic rings. The molecule has 0 aromatic carbocycles. The molecule has 0 heterocycles. The van der Waals surface area contributed by atoms with Crippen LogP contribution in [0.5, 0.6) is 0 Å². The molecule has 0 unspecified atom stereocenters. The molecule has 4 heteroatoms. The van der Waals surface area contributed by atoms with Gasteiger partial charge in [-0.2, -0.15) is 0 Å². The summed E-state index contributed by atoms with van der Waals surface area (Å²) in [5.74, 6) is 2.01. The highest BCUT2D eigenvalue weighted by Gasteiger charge is 2.45. The fraction of sp³-hybridized carbons (Fsp3) is 0.828. The van der Waals surface area contributed by atoms with Crippen LogP contribution in [-0.2, 0) is 4.79 Å². The van der Waals surface area contributed by atoms with Gasteiger partial charge in [-0.3, -0.25) is 4.79 Å². The maximum Gasteiger partial charge on any atom is 0.222 e. The minimum Gasteiger partial charge on any atom is -0.392 e. The van der Waals surface area contributed by atoms with E-state index in [0.717, 1.165) is 83.7 Å². The Morgan fingerprint density at radius 2 is 1.79 bits per heavy atom. The Morgan fingerprint density at radius 1 is 1.09 bits per heavy atom. The first-order valence-electron chi connectivity index (χ1n) is 14.0. The number of hydrogen-bond acceptors (Lipinski definition) is 3. The predicted octanol–water partition coefficient (Wildman–Crippen LogP) is 6.03. The lowest BCUT2D eigenvalue weighted by Crippen LogP contribution is -2.32. The van der Waals surface area contributed by atoms with Crippen LogP contribution in [0.25, 0.3) is 0 Å². The molecule has 188 valence electrons. The summed E-state index contributed by atoms with van der Waals surface area (Å²) in [6, 6.07) is 0. The van der Waals surface area contributed by atoms with Gasteiger partial charge in [-0.05, 0) is 75.5 Å². The zero-order valence-corrected chi connectivity index (χ0v) is 21.3. The molecule has 0 spiro atoms. The molecule has 3 saturated carbocycles. The average molecular weight is 460 g/mol. The van der Waals surface area contributed by atoms with E-state index >= 15 is 0 Å². The van der Waals surface area contributed by atoms with E-state index in [0.29, 0.717) is 30.1 Å². The number of unbranched alkanes of at least 4 members (excludes halogenated alkanes) is 3. The van der Waals surface area contributed by atoms with Crippen LogP contribution in [0.15, 0.2) is 23.8 Å². The SMILES string of the molecule is CCCCN(CCCC)C(=O)CCCC=C1C[C@H]2C[C@@H](O)[C@H](C=C[C@@H](O)C3CCCC3)[C@H]2C1. The number of carbonyl (C=O) groups is 1. The Balaban J connectivity index is 1.43. The zero-order valence-electron chi connectivity index (χ0n) is 21.3. The molecule has 0 radical (unpaired) electrons. The second-order valence-corrected chi connectivity index (χ2v) is 11.0. The van der Waals surface area contributed by atoms with Gasteiger partial charge >= 0.3 is 0 Å². The van der Waals surface area contributed by atoms with Crippen molar-refractivity contribution in [3.05, 3.63) is 23.8 Å². The molecule has 3 rings (SSSR count). The van der Waals surface area contributed by atoms with Crippen LogP contribution < -0.4 is 0 Å². The van der Waals surface area contributed by atoms with Crippen molar-refractivity contribution >= 4 is 5.91 Å². The number of fused-ring (bicyclic) bond motifs is 1. The van der Waals surface area contributed by atoms with E-state index < -0.39 is 0 Å². The molecule has 3 fully saturated rings. The number of nitrogens with zero attached hydrogens (tertiary/aromatic N) is 1. The number of aliphatic hydroxyl groups is 2. The van der Waals surface area contributed by atoms with Crippen LogP contribution >= 0.6 is 0 Å². The molecular formula is C29H49NO3. The first kappa shape index (κ1) is 26.5. The number of rotatable bonds is 13. The highest BCUT2D eigenvalue weighted by Crippen LogP contribution is 2.50. The van der Waals surface area contributed by atoms with Gasteiger partial charge in [0, 0.05) is 25.4 Å². The predicted molar refractivity (Wildman–Crippen MR) is 136 cm³/mol. The lowest BCUT2D eigenvalue weighted by Gasteiger charge is -2.22. The summed E-state index contributed by atoms with van der Waals surface area (Å²) in [7, 11) is 0. The molecule has 2 N–H and O–H groups in total. The third kappa shape index (κ3) is 7.68. The van der Waals surface area contributed by atoms with Crippen molar-refractivity contribution < 1.29 is 15.0 Å². The molecule has 0 bridgehead atoms. The van der Waals surface area contributed by atoms with E-state index in [9.17, 15) is 15.0 Å². The monoisotopic (exact) mass is 459 g/mol. The van der Waals surface area contributed by atoms with Crippen molar-refractivity contribution in [2.75, 3.05) is 13.1 Å². The highest BCUT2D eigenvalue weighted by atomic mass is 16.3. The van der Waals surface area contributed by atoms with Crippen molar-refractivity contribution in [3.8, 4) is 0 Å². The van der Waals surface area contributed by atoms with Crippen LogP contribution in [0, 0.1) is 23.7 Å².